The molecule has 0 unspecified atom stereocenters. The molecule has 104 valence electrons. The van der Waals surface area contributed by atoms with Crippen LogP contribution in [0.4, 0.5) is 0 Å². The third-order valence-electron chi connectivity index (χ3n) is 2.98. The Kier molecular flexibility index (Phi) is 4.03. The van der Waals surface area contributed by atoms with Crippen LogP contribution in [-0.2, 0) is 7.05 Å². The normalized spacial score (nSPS) is 13.2. The second-order valence-electron chi connectivity index (χ2n) is 5.08. The topological polar surface area (TPSA) is 54.9 Å². The Bertz CT molecular complexity index is 828. The lowest BCUT2D eigenvalue weighted by Crippen LogP contribution is -2.52. The molecule has 0 fully saturated rings. The van der Waals surface area contributed by atoms with Crippen LogP contribution in [0.25, 0.3) is 12.2 Å². The maximum Gasteiger partial charge on any atom is 0.274 e. The second kappa shape index (κ2) is 5.74. The van der Waals surface area contributed by atoms with E-state index in [1.807, 2.05) is 44.2 Å². The summed E-state index contributed by atoms with van der Waals surface area (Å²) in [6, 6.07) is 9.45. The molecule has 0 spiro atoms. The number of rotatable bonds is 2. The van der Waals surface area contributed by atoms with Crippen LogP contribution in [-0.4, -0.2) is 9.55 Å². The molecule has 0 aliphatic rings. The third-order valence-corrected chi connectivity index (χ3v) is 2.98. The molecule has 0 radical (unpaired) electrons. The van der Waals surface area contributed by atoms with Gasteiger partial charge in [-0.2, -0.15) is 0 Å². The van der Waals surface area contributed by atoms with Gasteiger partial charge < -0.3 is 9.55 Å². The van der Waals surface area contributed by atoms with Crippen LogP contribution in [0.5, 0.6) is 0 Å². The van der Waals surface area contributed by atoms with Crippen molar-refractivity contribution in [3.63, 3.8) is 0 Å². The second-order valence-corrected chi connectivity index (χ2v) is 5.08. The molecular weight excluding hydrogens is 252 g/mol. The molecule has 20 heavy (non-hydrogen) atoms. The van der Waals surface area contributed by atoms with E-state index in [2.05, 4.69) is 4.98 Å². The zero-order chi connectivity index (χ0) is 14.7. The lowest BCUT2D eigenvalue weighted by atomic mass is 10.2. The summed E-state index contributed by atoms with van der Waals surface area (Å²) in [5, 5.41) is 0.694. The predicted octanol–water partition coefficient (Wildman–Crippen LogP) is 0.339. The van der Waals surface area contributed by atoms with Crippen molar-refractivity contribution in [2.24, 2.45) is 13.0 Å². The van der Waals surface area contributed by atoms with Crippen molar-refractivity contribution in [3.8, 4) is 0 Å². The Balaban J connectivity index is 2.76. The van der Waals surface area contributed by atoms with Crippen LogP contribution in [0.3, 0.4) is 0 Å². The van der Waals surface area contributed by atoms with E-state index in [1.165, 1.54) is 4.57 Å². The summed E-state index contributed by atoms with van der Waals surface area (Å²) in [6.07, 6.45) is 3.47. The zero-order valence-corrected chi connectivity index (χ0v) is 11.9. The number of nitrogens with zero attached hydrogens (tertiary/aromatic N) is 1. The van der Waals surface area contributed by atoms with Gasteiger partial charge in [0.1, 0.15) is 10.7 Å². The van der Waals surface area contributed by atoms with Crippen molar-refractivity contribution >= 4 is 12.2 Å². The molecule has 0 aliphatic carbocycles. The number of aromatic amines is 1. The van der Waals surface area contributed by atoms with Gasteiger partial charge in [-0.15, -0.1) is 0 Å². The van der Waals surface area contributed by atoms with Gasteiger partial charge in [-0.1, -0.05) is 50.3 Å². The van der Waals surface area contributed by atoms with Gasteiger partial charge in [-0.05, 0) is 17.6 Å². The number of aromatic nitrogens is 2. The van der Waals surface area contributed by atoms with Gasteiger partial charge in [-0.25, -0.2) is 0 Å². The minimum atomic E-state index is -0.261. The summed E-state index contributed by atoms with van der Waals surface area (Å²) < 4.78 is 1.39. The molecule has 0 bridgehead atoms. The molecule has 0 saturated carbocycles. The molecule has 0 saturated heterocycles. The molecule has 1 aromatic heterocycles. The molecule has 1 N–H and O–H groups in total. The first kappa shape index (κ1) is 14.1. The summed E-state index contributed by atoms with van der Waals surface area (Å²) in [4.78, 5) is 27.0. The van der Waals surface area contributed by atoms with Crippen LogP contribution in [0, 0.1) is 5.92 Å². The van der Waals surface area contributed by atoms with Gasteiger partial charge in [0.15, 0.2) is 0 Å². The van der Waals surface area contributed by atoms with Crippen LogP contribution >= 0.6 is 0 Å². The molecule has 2 aromatic rings. The van der Waals surface area contributed by atoms with Crippen LogP contribution in [0.1, 0.15) is 19.4 Å². The molecule has 2 rings (SSSR count). The minimum absolute atomic E-state index is 0.194. The van der Waals surface area contributed by atoms with Gasteiger partial charge in [0, 0.05) is 7.05 Å². The molecule has 1 heterocycles. The van der Waals surface area contributed by atoms with Crippen LogP contribution < -0.4 is 21.8 Å². The first-order valence-electron chi connectivity index (χ1n) is 6.57. The highest BCUT2D eigenvalue weighted by Crippen LogP contribution is 1.97. The van der Waals surface area contributed by atoms with Gasteiger partial charge in [0.2, 0.25) is 0 Å². The Morgan fingerprint density at radius 2 is 1.80 bits per heavy atom. The van der Waals surface area contributed by atoms with E-state index >= 15 is 0 Å². The first-order chi connectivity index (χ1) is 9.49. The lowest BCUT2D eigenvalue weighted by Gasteiger charge is -2.00. The Labute approximate surface area is 116 Å². The molecule has 1 aromatic carbocycles. The van der Waals surface area contributed by atoms with Crippen molar-refractivity contribution in [1.82, 2.24) is 9.55 Å². The fraction of sp³-hybridized carbons (Fsp3) is 0.250. The van der Waals surface area contributed by atoms with E-state index in [9.17, 15) is 9.59 Å². The largest absolute Gasteiger partial charge is 0.316 e. The summed E-state index contributed by atoms with van der Waals surface area (Å²) in [5.41, 5.74) is 0.428. The van der Waals surface area contributed by atoms with Crippen LogP contribution in [0.2, 0.25) is 0 Å². The number of nitrogens with one attached hydrogen (secondary N) is 1. The van der Waals surface area contributed by atoms with E-state index in [0.29, 0.717) is 10.7 Å². The van der Waals surface area contributed by atoms with Crippen molar-refractivity contribution in [1.29, 1.82) is 0 Å². The minimum Gasteiger partial charge on any atom is -0.316 e. The smallest absolute Gasteiger partial charge is 0.274 e. The molecule has 4 nitrogen and oxygen atoms in total. The average molecular weight is 270 g/mol. The van der Waals surface area contributed by atoms with Crippen molar-refractivity contribution in [2.45, 2.75) is 13.8 Å². The fourth-order valence-corrected chi connectivity index (χ4v) is 2.00. The standard InChI is InChI=1S/C16H18N2O2/c1-11(2)9-13-16(20)18(3)14(15(19)17-13)10-12-7-5-4-6-8-12/h4-11H,1-3H3,(H,17,19)/b13-9+,14-10-. The van der Waals surface area contributed by atoms with E-state index in [-0.39, 0.29) is 17.0 Å². The van der Waals surface area contributed by atoms with E-state index in [0.717, 1.165) is 5.56 Å². The molecule has 4 heteroatoms. The van der Waals surface area contributed by atoms with Gasteiger partial charge in [0.05, 0.1) is 0 Å². The quantitative estimate of drug-likeness (QED) is 0.855. The van der Waals surface area contributed by atoms with Gasteiger partial charge in [0.25, 0.3) is 11.1 Å². The zero-order valence-electron chi connectivity index (χ0n) is 11.9. The summed E-state index contributed by atoms with van der Waals surface area (Å²) in [6.45, 7) is 3.92. The average Bonchev–Trinajstić information content (AvgIpc) is 2.41. The number of hydrogen-bond donors (Lipinski definition) is 1. The monoisotopic (exact) mass is 270 g/mol. The summed E-state index contributed by atoms with van der Waals surface area (Å²) >= 11 is 0. The van der Waals surface area contributed by atoms with E-state index < -0.39 is 0 Å². The Hall–Kier alpha value is -2.36. The third kappa shape index (κ3) is 2.96. The van der Waals surface area contributed by atoms with E-state index in [1.54, 1.807) is 19.2 Å². The maximum atomic E-state index is 12.2. The maximum absolute atomic E-state index is 12.2. The van der Waals surface area contributed by atoms with Gasteiger partial charge >= 0.3 is 0 Å². The highest BCUT2D eigenvalue weighted by molar-refractivity contribution is 5.47. The van der Waals surface area contributed by atoms with E-state index in [4.69, 9.17) is 0 Å². The SMILES string of the molecule is CC(C)/C=c1/[nH]c(=O)/c(=C/c2ccccc2)n(C)c1=O. The predicted molar refractivity (Wildman–Crippen MR) is 80.9 cm³/mol. The number of benzene rings is 1. The summed E-state index contributed by atoms with van der Waals surface area (Å²) in [7, 11) is 1.62. The van der Waals surface area contributed by atoms with Crippen LogP contribution in [0.15, 0.2) is 39.9 Å². The molecular formula is C16H18N2O2. The lowest BCUT2D eigenvalue weighted by molar-refractivity contribution is 0.768. The van der Waals surface area contributed by atoms with Crippen molar-refractivity contribution < 1.29 is 0 Å². The Morgan fingerprint density at radius 1 is 1.15 bits per heavy atom. The van der Waals surface area contributed by atoms with Gasteiger partial charge in [-0.3, -0.25) is 9.59 Å². The summed E-state index contributed by atoms with van der Waals surface area (Å²) in [5.74, 6) is 0.197. The molecule has 0 amide bonds. The molecule has 0 aliphatic heterocycles. The Morgan fingerprint density at radius 3 is 2.40 bits per heavy atom. The first-order valence-corrected chi connectivity index (χ1v) is 6.57. The fourth-order valence-electron chi connectivity index (χ4n) is 2.00. The number of H-pyrrole nitrogens is 1. The highest BCUT2D eigenvalue weighted by atomic mass is 16.1. The molecule has 0 atom stereocenters. The van der Waals surface area contributed by atoms with Crippen molar-refractivity contribution in [2.75, 3.05) is 0 Å². The van der Waals surface area contributed by atoms with Crippen molar-refractivity contribution in [3.05, 3.63) is 67.3 Å². The number of hydrogen-bond acceptors (Lipinski definition) is 2. The highest BCUT2D eigenvalue weighted by Gasteiger charge is 2.01.